The van der Waals surface area contributed by atoms with Crippen LogP contribution in [0, 0.1) is 0 Å². The molecule has 1 aromatic rings. The molecule has 1 N–H and O–H groups in total. The lowest BCUT2D eigenvalue weighted by Gasteiger charge is -2.32. The number of aliphatic hydroxyl groups is 1. The molecule has 1 aromatic carbocycles. The summed E-state index contributed by atoms with van der Waals surface area (Å²) in [6.07, 6.45) is 1.08. The average molecular weight is 236 g/mol. The zero-order valence-corrected chi connectivity index (χ0v) is 10.7. The van der Waals surface area contributed by atoms with Crippen molar-refractivity contribution in [1.29, 1.82) is 0 Å². The Balaban J connectivity index is 2.28. The van der Waals surface area contributed by atoms with Gasteiger partial charge in [0.25, 0.3) is 0 Å². The smallest absolute Gasteiger partial charge is 0.122 e. The van der Waals surface area contributed by atoms with Gasteiger partial charge in [-0.2, -0.15) is 0 Å². The molecule has 2 atom stereocenters. The highest BCUT2D eigenvalue weighted by Crippen LogP contribution is 2.35. The first-order valence-corrected chi connectivity index (χ1v) is 6.09. The van der Waals surface area contributed by atoms with Gasteiger partial charge in [-0.1, -0.05) is 13.0 Å². The molecule has 94 valence electrons. The molecule has 2 unspecified atom stereocenters. The molecule has 3 nitrogen and oxygen atoms in total. The summed E-state index contributed by atoms with van der Waals surface area (Å²) in [7, 11) is 1.64. The highest BCUT2D eigenvalue weighted by atomic mass is 16.5. The molecular weight excluding hydrogens is 216 g/mol. The molecule has 0 radical (unpaired) electrons. The number of benzene rings is 1. The predicted molar refractivity (Wildman–Crippen MR) is 66.3 cm³/mol. The van der Waals surface area contributed by atoms with Crippen LogP contribution in [0.25, 0.3) is 0 Å². The average Bonchev–Trinajstić information content (AvgIpc) is 2.84. The van der Waals surface area contributed by atoms with Crippen molar-refractivity contribution in [3.05, 3.63) is 29.3 Å². The molecule has 2 rings (SSSR count). The molecule has 1 aliphatic rings. The Labute approximate surface area is 102 Å². The van der Waals surface area contributed by atoms with Gasteiger partial charge in [0.1, 0.15) is 11.9 Å². The molecule has 0 aliphatic carbocycles. The van der Waals surface area contributed by atoms with E-state index in [1.165, 1.54) is 5.56 Å². The van der Waals surface area contributed by atoms with E-state index in [1.807, 2.05) is 32.0 Å². The number of hydrogen-bond donors (Lipinski definition) is 1. The van der Waals surface area contributed by atoms with Crippen LogP contribution in [0.2, 0.25) is 0 Å². The first-order chi connectivity index (χ1) is 8.10. The monoisotopic (exact) mass is 236 g/mol. The fourth-order valence-electron chi connectivity index (χ4n) is 2.18. The van der Waals surface area contributed by atoms with E-state index >= 15 is 0 Å². The van der Waals surface area contributed by atoms with Crippen molar-refractivity contribution in [1.82, 2.24) is 0 Å². The van der Waals surface area contributed by atoms with Crippen molar-refractivity contribution >= 4 is 0 Å². The number of fused-ring (bicyclic) bond motifs is 1. The third kappa shape index (κ3) is 2.17. The van der Waals surface area contributed by atoms with Crippen LogP contribution in [0.15, 0.2) is 18.2 Å². The fraction of sp³-hybridized carbons (Fsp3) is 0.571. The second-order valence-electron chi connectivity index (χ2n) is 4.74. The van der Waals surface area contributed by atoms with Gasteiger partial charge >= 0.3 is 0 Å². The van der Waals surface area contributed by atoms with E-state index < -0.39 is 11.7 Å². The summed E-state index contributed by atoms with van der Waals surface area (Å²) < 4.78 is 10.9. The number of aliphatic hydroxyl groups excluding tert-OH is 1. The molecular formula is C14H20O3. The van der Waals surface area contributed by atoms with E-state index in [1.54, 1.807) is 7.11 Å². The van der Waals surface area contributed by atoms with Crippen molar-refractivity contribution in [2.24, 2.45) is 0 Å². The number of hydrogen-bond acceptors (Lipinski definition) is 3. The Hall–Kier alpha value is -1.06. The Morgan fingerprint density at radius 1 is 1.53 bits per heavy atom. The van der Waals surface area contributed by atoms with Gasteiger partial charge in [-0.3, -0.25) is 0 Å². The standard InChI is InChI=1S/C14H20O3/c1-4-14(2,16-3)13(15)11-5-6-12-10(9-11)7-8-17-12/h5-6,9,13,15H,4,7-8H2,1-3H3. The third-order valence-corrected chi connectivity index (χ3v) is 3.78. The Morgan fingerprint density at radius 2 is 2.29 bits per heavy atom. The summed E-state index contributed by atoms with van der Waals surface area (Å²) in [6, 6.07) is 5.88. The van der Waals surface area contributed by atoms with Crippen molar-refractivity contribution in [3.8, 4) is 5.75 Å². The maximum absolute atomic E-state index is 10.4. The molecule has 17 heavy (non-hydrogen) atoms. The van der Waals surface area contributed by atoms with Crippen molar-refractivity contribution < 1.29 is 14.6 Å². The molecule has 1 heterocycles. The molecule has 0 amide bonds. The van der Waals surface area contributed by atoms with Crippen LogP contribution < -0.4 is 4.74 Å². The largest absolute Gasteiger partial charge is 0.493 e. The maximum Gasteiger partial charge on any atom is 0.122 e. The van der Waals surface area contributed by atoms with Gasteiger partial charge in [0.05, 0.1) is 12.2 Å². The molecule has 0 saturated carbocycles. The van der Waals surface area contributed by atoms with Crippen LogP contribution in [0.4, 0.5) is 0 Å². The SMILES string of the molecule is CCC(C)(OC)C(O)c1ccc2c(c1)CCO2. The first kappa shape index (κ1) is 12.4. The normalized spacial score (nSPS) is 19.3. The number of methoxy groups -OCH3 is 1. The summed E-state index contributed by atoms with van der Waals surface area (Å²) in [5.74, 6) is 0.941. The summed E-state index contributed by atoms with van der Waals surface area (Å²) in [5.41, 5.74) is 1.55. The van der Waals surface area contributed by atoms with Crippen LogP contribution in [-0.2, 0) is 11.2 Å². The van der Waals surface area contributed by atoms with Gasteiger partial charge in [-0.15, -0.1) is 0 Å². The molecule has 1 aliphatic heterocycles. The van der Waals surface area contributed by atoms with E-state index in [-0.39, 0.29) is 0 Å². The van der Waals surface area contributed by atoms with E-state index in [0.29, 0.717) is 0 Å². The topological polar surface area (TPSA) is 38.7 Å². The summed E-state index contributed by atoms with van der Waals surface area (Å²) in [5, 5.41) is 10.4. The Morgan fingerprint density at radius 3 is 2.94 bits per heavy atom. The van der Waals surface area contributed by atoms with Gasteiger partial charge in [0, 0.05) is 13.5 Å². The number of ether oxygens (including phenoxy) is 2. The molecule has 0 saturated heterocycles. The van der Waals surface area contributed by atoms with Gasteiger partial charge in [0.15, 0.2) is 0 Å². The van der Waals surface area contributed by atoms with E-state index in [4.69, 9.17) is 9.47 Å². The molecule has 0 fully saturated rings. The Kier molecular flexibility index (Phi) is 3.40. The lowest BCUT2D eigenvalue weighted by Crippen LogP contribution is -2.34. The fourth-order valence-corrected chi connectivity index (χ4v) is 2.18. The molecule has 0 bridgehead atoms. The quantitative estimate of drug-likeness (QED) is 0.872. The summed E-state index contributed by atoms with van der Waals surface area (Å²) in [6.45, 7) is 4.69. The van der Waals surface area contributed by atoms with Gasteiger partial charge in [-0.05, 0) is 36.6 Å². The van der Waals surface area contributed by atoms with Gasteiger partial charge in [0.2, 0.25) is 0 Å². The third-order valence-electron chi connectivity index (χ3n) is 3.78. The zero-order chi connectivity index (χ0) is 12.5. The van der Waals surface area contributed by atoms with Gasteiger partial charge < -0.3 is 14.6 Å². The van der Waals surface area contributed by atoms with Crippen LogP contribution >= 0.6 is 0 Å². The minimum atomic E-state index is -0.608. The van der Waals surface area contributed by atoms with Crippen LogP contribution in [-0.4, -0.2) is 24.4 Å². The summed E-state index contributed by atoms with van der Waals surface area (Å²) >= 11 is 0. The van der Waals surface area contributed by atoms with Crippen molar-refractivity contribution in [3.63, 3.8) is 0 Å². The minimum absolute atomic E-state index is 0.534. The molecule has 0 aromatic heterocycles. The van der Waals surface area contributed by atoms with E-state index in [0.717, 1.165) is 30.8 Å². The van der Waals surface area contributed by atoms with Crippen LogP contribution in [0.3, 0.4) is 0 Å². The molecule has 0 spiro atoms. The predicted octanol–water partition coefficient (Wildman–Crippen LogP) is 2.47. The highest BCUT2D eigenvalue weighted by molar-refractivity contribution is 5.41. The van der Waals surface area contributed by atoms with E-state index in [9.17, 15) is 5.11 Å². The van der Waals surface area contributed by atoms with Crippen LogP contribution in [0.5, 0.6) is 5.75 Å². The van der Waals surface area contributed by atoms with Crippen molar-refractivity contribution in [2.45, 2.75) is 38.4 Å². The van der Waals surface area contributed by atoms with E-state index in [2.05, 4.69) is 0 Å². The maximum atomic E-state index is 10.4. The zero-order valence-electron chi connectivity index (χ0n) is 10.7. The lowest BCUT2D eigenvalue weighted by atomic mass is 9.89. The summed E-state index contributed by atoms with van der Waals surface area (Å²) in [4.78, 5) is 0. The second kappa shape index (κ2) is 4.67. The number of rotatable bonds is 4. The first-order valence-electron chi connectivity index (χ1n) is 6.09. The molecule has 3 heteroatoms. The van der Waals surface area contributed by atoms with Gasteiger partial charge in [-0.25, -0.2) is 0 Å². The van der Waals surface area contributed by atoms with Crippen molar-refractivity contribution in [2.75, 3.05) is 13.7 Å². The van der Waals surface area contributed by atoms with Crippen LogP contribution in [0.1, 0.15) is 37.5 Å². The Bertz CT molecular complexity index is 396. The lowest BCUT2D eigenvalue weighted by molar-refractivity contribution is -0.0944. The second-order valence-corrected chi connectivity index (χ2v) is 4.74. The minimum Gasteiger partial charge on any atom is -0.493 e. The highest BCUT2D eigenvalue weighted by Gasteiger charge is 2.32.